The Morgan fingerprint density at radius 1 is 1.38 bits per heavy atom. The molecule has 2 nitrogen and oxygen atoms in total. The van der Waals surface area contributed by atoms with Gasteiger partial charge < -0.3 is 0 Å². The van der Waals surface area contributed by atoms with Crippen molar-refractivity contribution >= 4 is 29.4 Å². The second-order valence-corrected chi connectivity index (χ2v) is 5.35. The van der Waals surface area contributed by atoms with Crippen LogP contribution < -0.4 is 0 Å². The highest BCUT2D eigenvalue weighted by molar-refractivity contribution is 7.98. The average Bonchev–Trinajstić information content (AvgIpc) is 2.73. The zero-order valence-corrected chi connectivity index (χ0v) is 10.5. The highest BCUT2D eigenvalue weighted by Gasteiger charge is 2.00. The van der Waals surface area contributed by atoms with Crippen molar-refractivity contribution < 1.29 is 4.79 Å². The minimum absolute atomic E-state index is 0.717. The van der Waals surface area contributed by atoms with Crippen LogP contribution >= 0.6 is 23.1 Å². The first-order chi connectivity index (χ1) is 7.78. The molecule has 0 radical (unpaired) electrons. The molecule has 2 aromatic rings. The topological polar surface area (TPSA) is 30.0 Å². The fourth-order valence-electron chi connectivity index (χ4n) is 1.26. The maximum atomic E-state index is 10.5. The van der Waals surface area contributed by atoms with Crippen LogP contribution in [0.1, 0.15) is 21.1 Å². The fourth-order valence-corrected chi connectivity index (χ4v) is 2.94. The van der Waals surface area contributed by atoms with Crippen molar-refractivity contribution in [2.24, 2.45) is 0 Å². The van der Waals surface area contributed by atoms with Gasteiger partial charge in [0.2, 0.25) is 0 Å². The lowest BCUT2D eigenvalue weighted by molar-refractivity contribution is 0.112. The lowest BCUT2D eigenvalue weighted by Crippen LogP contribution is -1.81. The summed E-state index contributed by atoms with van der Waals surface area (Å²) in [5, 5.41) is 3.20. The summed E-state index contributed by atoms with van der Waals surface area (Å²) in [6.07, 6.45) is 0.860. The van der Waals surface area contributed by atoms with E-state index in [-0.39, 0.29) is 0 Å². The Balaban J connectivity index is 1.96. The molecule has 1 aromatic heterocycles. The lowest BCUT2D eigenvalue weighted by atomic mass is 10.2. The number of carbonyl (C=O) groups is 1. The molecule has 0 bridgehead atoms. The summed E-state index contributed by atoms with van der Waals surface area (Å²) in [6, 6.07) is 7.61. The van der Waals surface area contributed by atoms with Gasteiger partial charge in [0.05, 0.1) is 5.75 Å². The Bertz CT molecular complexity index is 476. The minimum Gasteiger partial charge on any atom is -0.298 e. The summed E-state index contributed by atoms with van der Waals surface area (Å²) >= 11 is 3.43. The van der Waals surface area contributed by atoms with E-state index in [0.717, 1.165) is 28.3 Å². The third-order valence-electron chi connectivity index (χ3n) is 2.05. The van der Waals surface area contributed by atoms with Gasteiger partial charge in [0.1, 0.15) is 11.3 Å². The Morgan fingerprint density at radius 2 is 2.12 bits per heavy atom. The quantitative estimate of drug-likeness (QED) is 0.613. The Labute approximate surface area is 103 Å². The predicted octanol–water partition coefficient (Wildman–Crippen LogP) is 3.56. The van der Waals surface area contributed by atoms with Crippen LogP contribution in [0.25, 0.3) is 0 Å². The number of thioether (sulfide) groups is 1. The molecule has 1 aromatic carbocycles. The standard InChI is InChI=1S/C12H11NOS2/c1-9-7-16-12(13-9)8-15-11-4-2-10(6-14)3-5-11/h2-7H,8H2,1H3. The smallest absolute Gasteiger partial charge is 0.150 e. The van der Waals surface area contributed by atoms with Crippen molar-refractivity contribution in [1.29, 1.82) is 0 Å². The molecule has 0 aliphatic rings. The van der Waals surface area contributed by atoms with E-state index in [1.54, 1.807) is 23.1 Å². The van der Waals surface area contributed by atoms with Crippen LogP contribution in [-0.4, -0.2) is 11.3 Å². The highest BCUT2D eigenvalue weighted by Crippen LogP contribution is 2.24. The van der Waals surface area contributed by atoms with E-state index in [9.17, 15) is 4.79 Å². The molecule has 82 valence electrons. The van der Waals surface area contributed by atoms with Crippen LogP contribution in [0.5, 0.6) is 0 Å². The van der Waals surface area contributed by atoms with Crippen molar-refractivity contribution in [2.75, 3.05) is 0 Å². The molecule has 0 aliphatic carbocycles. The molecule has 0 atom stereocenters. The van der Waals surface area contributed by atoms with Crippen molar-refractivity contribution in [3.05, 3.63) is 45.9 Å². The molecule has 0 N–H and O–H groups in total. The van der Waals surface area contributed by atoms with E-state index < -0.39 is 0 Å². The zero-order valence-electron chi connectivity index (χ0n) is 8.84. The molecular weight excluding hydrogens is 238 g/mol. The van der Waals surface area contributed by atoms with Crippen LogP contribution in [0.4, 0.5) is 0 Å². The predicted molar refractivity (Wildman–Crippen MR) is 68.2 cm³/mol. The van der Waals surface area contributed by atoms with Gasteiger partial charge in [0, 0.05) is 21.5 Å². The van der Waals surface area contributed by atoms with E-state index in [4.69, 9.17) is 0 Å². The Hall–Kier alpha value is -1.13. The van der Waals surface area contributed by atoms with Gasteiger partial charge in [0.15, 0.2) is 0 Å². The summed E-state index contributed by atoms with van der Waals surface area (Å²) < 4.78 is 0. The van der Waals surface area contributed by atoms with Crippen LogP contribution in [0.3, 0.4) is 0 Å². The molecule has 0 spiro atoms. The van der Waals surface area contributed by atoms with E-state index in [1.807, 2.05) is 31.2 Å². The molecule has 0 aliphatic heterocycles. The van der Waals surface area contributed by atoms with Crippen molar-refractivity contribution in [3.8, 4) is 0 Å². The molecule has 0 unspecified atom stereocenters. The third kappa shape index (κ3) is 2.93. The normalized spacial score (nSPS) is 10.3. The van der Waals surface area contributed by atoms with Gasteiger partial charge in [-0.25, -0.2) is 4.98 Å². The van der Waals surface area contributed by atoms with Crippen LogP contribution in [0, 0.1) is 6.92 Å². The minimum atomic E-state index is 0.717. The molecule has 0 saturated carbocycles. The zero-order chi connectivity index (χ0) is 11.4. The van der Waals surface area contributed by atoms with Gasteiger partial charge in [0.25, 0.3) is 0 Å². The second-order valence-electron chi connectivity index (χ2n) is 3.36. The lowest BCUT2D eigenvalue weighted by Gasteiger charge is -1.99. The van der Waals surface area contributed by atoms with Crippen molar-refractivity contribution in [1.82, 2.24) is 4.98 Å². The number of hydrogen-bond donors (Lipinski definition) is 0. The molecule has 0 fully saturated rings. The molecule has 0 amide bonds. The molecule has 1 heterocycles. The number of nitrogens with zero attached hydrogens (tertiary/aromatic N) is 1. The Morgan fingerprint density at radius 3 is 2.69 bits per heavy atom. The fraction of sp³-hybridized carbons (Fsp3) is 0.167. The second kappa shape index (κ2) is 5.27. The van der Waals surface area contributed by atoms with E-state index in [2.05, 4.69) is 10.4 Å². The van der Waals surface area contributed by atoms with E-state index >= 15 is 0 Å². The first-order valence-corrected chi connectivity index (χ1v) is 6.73. The average molecular weight is 249 g/mol. The SMILES string of the molecule is Cc1csc(CSc2ccc(C=O)cc2)n1. The summed E-state index contributed by atoms with van der Waals surface area (Å²) in [4.78, 5) is 16.1. The van der Waals surface area contributed by atoms with Gasteiger partial charge in [-0.05, 0) is 19.1 Å². The number of carbonyl (C=O) groups excluding carboxylic acids is 1. The molecule has 4 heteroatoms. The van der Waals surface area contributed by atoms with Gasteiger partial charge in [-0.3, -0.25) is 4.79 Å². The summed E-state index contributed by atoms with van der Waals surface area (Å²) in [5.74, 6) is 0.888. The monoisotopic (exact) mass is 249 g/mol. The number of rotatable bonds is 4. The summed E-state index contributed by atoms with van der Waals surface area (Å²) in [7, 11) is 0. The summed E-state index contributed by atoms with van der Waals surface area (Å²) in [6.45, 7) is 2.00. The maximum absolute atomic E-state index is 10.5. The molecular formula is C12H11NOS2. The number of aromatic nitrogens is 1. The van der Waals surface area contributed by atoms with Crippen molar-refractivity contribution in [3.63, 3.8) is 0 Å². The number of hydrogen-bond acceptors (Lipinski definition) is 4. The maximum Gasteiger partial charge on any atom is 0.150 e. The number of benzene rings is 1. The third-order valence-corrected chi connectivity index (χ3v) is 4.22. The van der Waals surface area contributed by atoms with Gasteiger partial charge in [-0.1, -0.05) is 12.1 Å². The number of aryl methyl sites for hydroxylation is 1. The van der Waals surface area contributed by atoms with Gasteiger partial charge in [-0.15, -0.1) is 23.1 Å². The molecule has 2 rings (SSSR count). The van der Waals surface area contributed by atoms with E-state index in [0.29, 0.717) is 0 Å². The number of aldehydes is 1. The van der Waals surface area contributed by atoms with Crippen molar-refractivity contribution in [2.45, 2.75) is 17.6 Å². The highest BCUT2D eigenvalue weighted by atomic mass is 32.2. The summed E-state index contributed by atoms with van der Waals surface area (Å²) in [5.41, 5.74) is 1.80. The molecule has 16 heavy (non-hydrogen) atoms. The van der Waals surface area contributed by atoms with E-state index in [1.165, 1.54) is 4.90 Å². The largest absolute Gasteiger partial charge is 0.298 e. The number of thiazole rings is 1. The van der Waals surface area contributed by atoms with Crippen LogP contribution in [-0.2, 0) is 5.75 Å². The van der Waals surface area contributed by atoms with Gasteiger partial charge in [-0.2, -0.15) is 0 Å². The van der Waals surface area contributed by atoms with Crippen LogP contribution in [0.15, 0.2) is 34.5 Å². The first kappa shape index (κ1) is 11.4. The van der Waals surface area contributed by atoms with Crippen LogP contribution in [0.2, 0.25) is 0 Å². The molecule has 0 saturated heterocycles. The first-order valence-electron chi connectivity index (χ1n) is 4.87. The Kier molecular flexibility index (Phi) is 3.74. The van der Waals surface area contributed by atoms with Gasteiger partial charge >= 0.3 is 0 Å².